The van der Waals surface area contributed by atoms with E-state index < -0.39 is 23.2 Å². The van der Waals surface area contributed by atoms with E-state index in [0.29, 0.717) is 5.92 Å². The monoisotopic (exact) mass is 430 g/mol. The summed E-state index contributed by atoms with van der Waals surface area (Å²) in [6.45, 7) is 2.37. The summed E-state index contributed by atoms with van der Waals surface area (Å²) >= 11 is -0.716. The first kappa shape index (κ1) is 19.4. The molecule has 0 nitrogen and oxygen atoms in total. The molecule has 0 N–H and O–H groups in total. The summed E-state index contributed by atoms with van der Waals surface area (Å²) in [7, 11) is 0. The van der Waals surface area contributed by atoms with Crippen molar-refractivity contribution < 1.29 is 48.0 Å². The van der Waals surface area contributed by atoms with E-state index in [4.69, 9.17) is 0 Å². The summed E-state index contributed by atoms with van der Waals surface area (Å²) in [5.74, 6) is 0.518. The molecule has 2 aliphatic rings. The summed E-state index contributed by atoms with van der Waals surface area (Å²) < 4.78 is 3.38. The first-order valence-electron chi connectivity index (χ1n) is 7.86. The number of rotatable bonds is 3. The van der Waals surface area contributed by atoms with E-state index in [2.05, 4.69) is 79.7 Å². The van der Waals surface area contributed by atoms with Crippen molar-refractivity contribution in [2.75, 3.05) is 0 Å². The molecule has 0 aromatic heterocycles. The van der Waals surface area contributed by atoms with Gasteiger partial charge in [-0.2, -0.15) is 0 Å². The SMILES string of the molecule is CC1C(c2ccccc2)=[C]([Zr+2][C]2=CC=CC2)c2ccccc21.[Cl-].[Cl-]. The van der Waals surface area contributed by atoms with Gasteiger partial charge in [0.1, 0.15) is 0 Å². The van der Waals surface area contributed by atoms with Gasteiger partial charge in [0.15, 0.2) is 0 Å². The van der Waals surface area contributed by atoms with Crippen molar-refractivity contribution in [1.82, 2.24) is 0 Å². The van der Waals surface area contributed by atoms with Crippen LogP contribution in [0.25, 0.3) is 8.85 Å². The van der Waals surface area contributed by atoms with Gasteiger partial charge in [-0.25, -0.2) is 0 Å². The number of hydrogen-bond donors (Lipinski definition) is 0. The molecule has 2 aromatic rings. The number of benzene rings is 2. The van der Waals surface area contributed by atoms with Gasteiger partial charge in [0.05, 0.1) is 0 Å². The fourth-order valence-corrected chi connectivity index (χ4v) is 7.35. The fraction of sp³-hybridized carbons (Fsp3) is 0.143. The molecule has 2 aliphatic carbocycles. The molecule has 0 bridgehead atoms. The zero-order valence-corrected chi connectivity index (χ0v) is 17.4. The van der Waals surface area contributed by atoms with Crippen molar-refractivity contribution in [2.45, 2.75) is 19.3 Å². The predicted molar refractivity (Wildman–Crippen MR) is 90.0 cm³/mol. The third kappa shape index (κ3) is 3.54. The molecule has 2 aromatic carbocycles. The molecule has 0 heterocycles. The first-order valence-corrected chi connectivity index (χ1v) is 10.3. The van der Waals surface area contributed by atoms with E-state index in [9.17, 15) is 0 Å². The number of fused-ring (bicyclic) bond motifs is 1. The molecule has 0 fully saturated rings. The Morgan fingerprint density at radius 1 is 0.917 bits per heavy atom. The maximum absolute atomic E-state index is 2.37. The van der Waals surface area contributed by atoms with Crippen molar-refractivity contribution >= 4 is 8.85 Å². The van der Waals surface area contributed by atoms with Gasteiger partial charge >= 0.3 is 144 Å². The Balaban J connectivity index is 0.00000104. The minimum atomic E-state index is -0.716. The summed E-state index contributed by atoms with van der Waals surface area (Å²) in [6.07, 6.45) is 8.05. The predicted octanol–water partition coefficient (Wildman–Crippen LogP) is -0.394. The van der Waals surface area contributed by atoms with Crippen molar-refractivity contribution in [3.8, 4) is 0 Å². The number of allylic oxidation sites excluding steroid dienone is 5. The Hall–Kier alpha value is -0.877. The summed E-state index contributed by atoms with van der Waals surface area (Å²) in [5, 5.41) is 0. The molecule has 24 heavy (non-hydrogen) atoms. The Kier molecular flexibility index (Phi) is 6.87. The average molecular weight is 433 g/mol. The Bertz CT molecular complexity index is 804. The van der Waals surface area contributed by atoms with Crippen LogP contribution in [0, 0.1) is 0 Å². The molecule has 120 valence electrons. The van der Waals surface area contributed by atoms with E-state index >= 15 is 0 Å². The van der Waals surface area contributed by atoms with Gasteiger partial charge in [0.2, 0.25) is 0 Å². The zero-order chi connectivity index (χ0) is 14.9. The van der Waals surface area contributed by atoms with Crippen molar-refractivity contribution in [3.63, 3.8) is 0 Å². The Morgan fingerprint density at radius 2 is 1.62 bits per heavy atom. The molecule has 4 rings (SSSR count). The minimum absolute atomic E-state index is 0. The summed E-state index contributed by atoms with van der Waals surface area (Å²) in [5.41, 5.74) is 6.03. The van der Waals surface area contributed by atoms with Crippen LogP contribution in [0.3, 0.4) is 0 Å². The molecular formula is C21H18Cl2Zr. The van der Waals surface area contributed by atoms with Gasteiger partial charge in [0, 0.05) is 0 Å². The minimum Gasteiger partial charge on any atom is -1.00 e. The summed E-state index contributed by atoms with van der Waals surface area (Å²) in [4.78, 5) is 0. The van der Waals surface area contributed by atoms with Crippen LogP contribution in [0.2, 0.25) is 0 Å². The molecule has 0 saturated carbocycles. The van der Waals surface area contributed by atoms with Crippen LogP contribution in [0.4, 0.5) is 0 Å². The zero-order valence-electron chi connectivity index (χ0n) is 13.5. The molecule has 1 unspecified atom stereocenters. The van der Waals surface area contributed by atoms with Gasteiger partial charge in [-0.1, -0.05) is 0 Å². The van der Waals surface area contributed by atoms with Crippen LogP contribution in [0.5, 0.6) is 0 Å². The molecule has 0 saturated heterocycles. The normalized spacial score (nSPS) is 17.5. The topological polar surface area (TPSA) is 0 Å². The van der Waals surface area contributed by atoms with Gasteiger partial charge in [-0.3, -0.25) is 0 Å². The van der Waals surface area contributed by atoms with Crippen molar-refractivity contribution in [2.24, 2.45) is 0 Å². The van der Waals surface area contributed by atoms with Crippen LogP contribution < -0.4 is 24.8 Å². The van der Waals surface area contributed by atoms with Crippen molar-refractivity contribution in [3.05, 3.63) is 92.8 Å². The van der Waals surface area contributed by atoms with E-state index in [-0.39, 0.29) is 24.8 Å². The third-order valence-corrected chi connectivity index (χ3v) is 8.18. The maximum Gasteiger partial charge on any atom is -1.00 e. The molecule has 1 atom stereocenters. The molecule has 0 aliphatic heterocycles. The van der Waals surface area contributed by atoms with Gasteiger partial charge in [-0.05, 0) is 0 Å². The second kappa shape index (κ2) is 8.48. The second-order valence-electron chi connectivity index (χ2n) is 5.91. The smallest absolute Gasteiger partial charge is 1.00 e. The standard InChI is InChI=1S/C16H13.C5H5.2ClH.Zr/c1-12-15-10-6-5-9-14(15)11-16(12)13-7-3-2-4-8-13;1-2-4-5-3-1;;;/h2-10,12H,1H3;1-3H,4H2;2*1H;/q;;;;+2/p-2. The number of hydrogen-bond acceptors (Lipinski definition) is 0. The van der Waals surface area contributed by atoms with Crippen molar-refractivity contribution in [1.29, 1.82) is 0 Å². The largest absolute Gasteiger partial charge is 1.00 e. The van der Waals surface area contributed by atoms with Gasteiger partial charge in [0.25, 0.3) is 0 Å². The average Bonchev–Trinajstić information content (AvgIpc) is 3.17. The number of halogens is 2. The van der Waals surface area contributed by atoms with E-state index in [1.807, 2.05) is 0 Å². The molecule has 0 radical (unpaired) electrons. The molecular weight excluding hydrogens is 414 g/mol. The van der Waals surface area contributed by atoms with Gasteiger partial charge < -0.3 is 24.8 Å². The molecule has 0 amide bonds. The van der Waals surface area contributed by atoms with E-state index in [0.717, 1.165) is 0 Å². The van der Waals surface area contributed by atoms with Crippen LogP contribution >= 0.6 is 0 Å². The van der Waals surface area contributed by atoms with Gasteiger partial charge in [-0.15, -0.1) is 0 Å². The second-order valence-corrected chi connectivity index (χ2v) is 9.33. The fourth-order valence-electron chi connectivity index (χ4n) is 3.47. The van der Waals surface area contributed by atoms with Crippen LogP contribution in [0.1, 0.15) is 36.0 Å². The quantitative estimate of drug-likeness (QED) is 0.620. The Morgan fingerprint density at radius 3 is 2.33 bits per heavy atom. The van der Waals surface area contributed by atoms with Crippen LogP contribution in [-0.2, 0) is 23.2 Å². The van der Waals surface area contributed by atoms with E-state index in [1.54, 1.807) is 12.1 Å². The van der Waals surface area contributed by atoms with Crippen LogP contribution in [0.15, 0.2) is 76.1 Å². The summed E-state index contributed by atoms with van der Waals surface area (Å²) in [6, 6.07) is 20.0. The molecule has 3 heteroatoms. The Labute approximate surface area is 168 Å². The third-order valence-electron chi connectivity index (χ3n) is 4.54. The molecule has 0 spiro atoms. The van der Waals surface area contributed by atoms with Crippen LogP contribution in [-0.4, -0.2) is 0 Å². The maximum atomic E-state index is 2.37. The van der Waals surface area contributed by atoms with E-state index in [1.165, 1.54) is 23.1 Å². The first-order chi connectivity index (χ1) is 10.8.